The second kappa shape index (κ2) is 3.75. The summed E-state index contributed by atoms with van der Waals surface area (Å²) < 4.78 is 0. The van der Waals surface area contributed by atoms with E-state index in [9.17, 15) is 0 Å². The minimum absolute atomic E-state index is 0.805. The Hall–Kier alpha value is -0.0800. The zero-order chi connectivity index (χ0) is 8.39. The number of hydrogen-bond donors (Lipinski definition) is 1. The number of nitrogens with two attached hydrogens (primary N) is 1. The minimum Gasteiger partial charge on any atom is -0.330 e. The van der Waals surface area contributed by atoms with Gasteiger partial charge in [0, 0.05) is 6.04 Å². The van der Waals surface area contributed by atoms with Crippen LogP contribution in [-0.2, 0) is 0 Å². The normalized spacial score (nSPS) is 37.8. The molecule has 0 radical (unpaired) electrons. The first-order valence-electron chi connectivity index (χ1n) is 5.36. The molecule has 2 heteroatoms. The van der Waals surface area contributed by atoms with E-state index in [0.29, 0.717) is 0 Å². The fourth-order valence-electron chi connectivity index (χ4n) is 2.85. The third kappa shape index (κ3) is 1.50. The van der Waals surface area contributed by atoms with Crippen molar-refractivity contribution in [2.24, 2.45) is 11.7 Å². The molecule has 2 nitrogen and oxygen atoms in total. The fourth-order valence-corrected chi connectivity index (χ4v) is 2.85. The zero-order valence-corrected chi connectivity index (χ0v) is 7.84. The Morgan fingerprint density at radius 1 is 1.08 bits per heavy atom. The van der Waals surface area contributed by atoms with Crippen molar-refractivity contribution < 1.29 is 0 Å². The lowest BCUT2D eigenvalue weighted by Gasteiger charge is -2.44. The number of fused-ring (bicyclic) bond motifs is 1. The van der Waals surface area contributed by atoms with Crippen molar-refractivity contribution in [1.29, 1.82) is 0 Å². The van der Waals surface area contributed by atoms with Crippen LogP contribution in [0.4, 0.5) is 0 Å². The molecule has 2 rings (SSSR count). The average molecular weight is 168 g/mol. The highest BCUT2D eigenvalue weighted by atomic mass is 15.2. The highest BCUT2D eigenvalue weighted by molar-refractivity contribution is 4.87. The molecular formula is C10H20N2. The summed E-state index contributed by atoms with van der Waals surface area (Å²) in [6.07, 6.45) is 6.99. The molecule has 0 aromatic heterocycles. The van der Waals surface area contributed by atoms with E-state index >= 15 is 0 Å². The Bertz CT molecular complexity index is 138. The molecule has 2 saturated heterocycles. The van der Waals surface area contributed by atoms with Crippen molar-refractivity contribution in [3.8, 4) is 0 Å². The first-order valence-corrected chi connectivity index (χ1v) is 5.36. The Balaban J connectivity index is 1.99. The minimum atomic E-state index is 0.805. The second-order valence-electron chi connectivity index (χ2n) is 4.24. The van der Waals surface area contributed by atoms with Crippen molar-refractivity contribution in [2.45, 2.75) is 38.1 Å². The monoisotopic (exact) mass is 168 g/mol. The molecule has 2 fully saturated rings. The molecule has 0 aliphatic carbocycles. The van der Waals surface area contributed by atoms with E-state index in [-0.39, 0.29) is 0 Å². The summed E-state index contributed by atoms with van der Waals surface area (Å²) in [6, 6.07) is 0.845. The topological polar surface area (TPSA) is 29.3 Å². The Labute approximate surface area is 75.1 Å². The first kappa shape index (κ1) is 8.52. The van der Waals surface area contributed by atoms with Crippen molar-refractivity contribution in [3.05, 3.63) is 0 Å². The van der Waals surface area contributed by atoms with Gasteiger partial charge in [0.15, 0.2) is 0 Å². The Morgan fingerprint density at radius 3 is 2.75 bits per heavy atom. The van der Waals surface area contributed by atoms with Gasteiger partial charge in [-0.15, -0.1) is 0 Å². The maximum absolute atomic E-state index is 5.78. The van der Waals surface area contributed by atoms with Crippen molar-refractivity contribution in [2.75, 3.05) is 19.6 Å². The fraction of sp³-hybridized carbons (Fsp3) is 1.00. The number of hydrogen-bond acceptors (Lipinski definition) is 2. The molecule has 0 spiro atoms. The standard InChI is InChI=1S/C10H20N2/c11-8-9-4-3-7-12-6-2-1-5-10(9)12/h9-10H,1-8,11H2/t9?,10-/m1/s1. The van der Waals surface area contributed by atoms with Gasteiger partial charge >= 0.3 is 0 Å². The summed E-state index contributed by atoms with van der Waals surface area (Å²) in [5, 5.41) is 0. The molecule has 0 bridgehead atoms. The van der Waals surface area contributed by atoms with E-state index in [0.717, 1.165) is 18.5 Å². The highest BCUT2D eigenvalue weighted by Gasteiger charge is 2.31. The van der Waals surface area contributed by atoms with Crippen LogP contribution in [0.25, 0.3) is 0 Å². The molecule has 2 heterocycles. The summed E-state index contributed by atoms with van der Waals surface area (Å²) in [7, 11) is 0. The maximum atomic E-state index is 5.78. The van der Waals surface area contributed by atoms with E-state index < -0.39 is 0 Å². The van der Waals surface area contributed by atoms with Crippen LogP contribution in [0.3, 0.4) is 0 Å². The van der Waals surface area contributed by atoms with E-state index in [2.05, 4.69) is 4.90 Å². The van der Waals surface area contributed by atoms with Crippen LogP contribution in [-0.4, -0.2) is 30.6 Å². The molecule has 70 valence electrons. The first-order chi connectivity index (χ1) is 5.92. The van der Waals surface area contributed by atoms with Crippen molar-refractivity contribution in [3.63, 3.8) is 0 Å². The maximum Gasteiger partial charge on any atom is 0.0136 e. The third-order valence-corrected chi connectivity index (χ3v) is 3.53. The van der Waals surface area contributed by atoms with E-state index in [1.54, 1.807) is 0 Å². The lowest BCUT2D eigenvalue weighted by atomic mass is 9.84. The molecule has 0 saturated carbocycles. The lowest BCUT2D eigenvalue weighted by molar-refractivity contribution is 0.0632. The van der Waals surface area contributed by atoms with Gasteiger partial charge in [0.25, 0.3) is 0 Å². The summed E-state index contributed by atoms with van der Waals surface area (Å²) in [5.74, 6) is 0.805. The average Bonchev–Trinajstić information content (AvgIpc) is 2.17. The molecular weight excluding hydrogens is 148 g/mol. The predicted octanol–water partition coefficient (Wildman–Crippen LogP) is 1.21. The molecule has 0 aromatic carbocycles. The van der Waals surface area contributed by atoms with Crippen LogP contribution in [0.1, 0.15) is 32.1 Å². The van der Waals surface area contributed by atoms with Crippen LogP contribution < -0.4 is 5.73 Å². The second-order valence-corrected chi connectivity index (χ2v) is 4.24. The molecule has 12 heavy (non-hydrogen) atoms. The van der Waals surface area contributed by atoms with Gasteiger partial charge in [-0.25, -0.2) is 0 Å². The van der Waals surface area contributed by atoms with Crippen LogP contribution in [0, 0.1) is 5.92 Å². The largest absolute Gasteiger partial charge is 0.330 e. The number of nitrogens with zero attached hydrogens (tertiary/aromatic N) is 1. The Morgan fingerprint density at radius 2 is 1.92 bits per heavy atom. The molecule has 0 amide bonds. The molecule has 0 aromatic rings. The molecule has 1 unspecified atom stereocenters. The van der Waals surface area contributed by atoms with Gasteiger partial charge in [0.05, 0.1) is 0 Å². The van der Waals surface area contributed by atoms with Crippen molar-refractivity contribution >= 4 is 0 Å². The van der Waals surface area contributed by atoms with Crippen LogP contribution >= 0.6 is 0 Å². The van der Waals surface area contributed by atoms with E-state index in [1.807, 2.05) is 0 Å². The van der Waals surface area contributed by atoms with E-state index in [4.69, 9.17) is 5.73 Å². The summed E-state index contributed by atoms with van der Waals surface area (Å²) in [5.41, 5.74) is 5.78. The Kier molecular flexibility index (Phi) is 2.66. The van der Waals surface area contributed by atoms with Crippen LogP contribution in [0.2, 0.25) is 0 Å². The van der Waals surface area contributed by atoms with Gasteiger partial charge in [-0.2, -0.15) is 0 Å². The number of rotatable bonds is 1. The summed E-state index contributed by atoms with van der Waals surface area (Å²) >= 11 is 0. The van der Waals surface area contributed by atoms with Gasteiger partial charge in [-0.3, -0.25) is 0 Å². The molecule has 2 aliphatic heterocycles. The van der Waals surface area contributed by atoms with Crippen LogP contribution in [0.15, 0.2) is 0 Å². The summed E-state index contributed by atoms with van der Waals surface area (Å²) in [4.78, 5) is 2.67. The van der Waals surface area contributed by atoms with Gasteiger partial charge in [0.1, 0.15) is 0 Å². The molecule has 2 atom stereocenters. The van der Waals surface area contributed by atoms with Crippen LogP contribution in [0.5, 0.6) is 0 Å². The van der Waals surface area contributed by atoms with Gasteiger partial charge in [-0.05, 0) is 51.2 Å². The smallest absolute Gasteiger partial charge is 0.0136 e. The van der Waals surface area contributed by atoms with Gasteiger partial charge in [0.2, 0.25) is 0 Å². The van der Waals surface area contributed by atoms with Gasteiger partial charge < -0.3 is 10.6 Å². The van der Waals surface area contributed by atoms with Gasteiger partial charge in [-0.1, -0.05) is 6.42 Å². The van der Waals surface area contributed by atoms with E-state index in [1.165, 1.54) is 45.2 Å². The SMILES string of the molecule is NCC1CCCN2CCCC[C@H]12. The summed E-state index contributed by atoms with van der Waals surface area (Å²) in [6.45, 7) is 3.57. The molecule has 2 N–H and O–H groups in total. The lowest BCUT2D eigenvalue weighted by Crippen LogP contribution is -2.49. The molecule has 2 aliphatic rings. The number of piperidine rings is 2. The zero-order valence-electron chi connectivity index (χ0n) is 7.84. The van der Waals surface area contributed by atoms with Crippen molar-refractivity contribution in [1.82, 2.24) is 4.90 Å². The highest BCUT2D eigenvalue weighted by Crippen LogP contribution is 2.29. The third-order valence-electron chi connectivity index (χ3n) is 3.53. The predicted molar refractivity (Wildman–Crippen MR) is 51.0 cm³/mol. The quantitative estimate of drug-likeness (QED) is 0.637.